The van der Waals surface area contributed by atoms with E-state index in [1.807, 2.05) is 0 Å². The van der Waals surface area contributed by atoms with Gasteiger partial charge in [0.25, 0.3) is 0 Å². The topological polar surface area (TPSA) is 38.0 Å². The van der Waals surface area contributed by atoms with E-state index in [9.17, 15) is 0 Å². The number of hydrogen-bond acceptors (Lipinski definition) is 2. The Bertz CT molecular complexity index is 119. The summed E-state index contributed by atoms with van der Waals surface area (Å²) < 4.78 is 0. The molecule has 3 heteroatoms. The van der Waals surface area contributed by atoms with Crippen molar-refractivity contribution in [2.75, 3.05) is 13.1 Å². The molecule has 1 radical (unpaired) electrons. The van der Waals surface area contributed by atoms with E-state index in [0.29, 0.717) is 5.82 Å². The minimum absolute atomic E-state index is 0.617. The number of rotatable bonds is 2. The summed E-state index contributed by atoms with van der Waals surface area (Å²) in [5, 5.41) is 3.31. The molecular weight excluding hydrogens is 123 g/mol. The van der Waals surface area contributed by atoms with Gasteiger partial charge in [0, 0.05) is 5.70 Å². The molecule has 0 aromatic rings. The summed E-state index contributed by atoms with van der Waals surface area (Å²) >= 11 is 0. The Kier molecular flexibility index (Phi) is 2.81. The van der Waals surface area contributed by atoms with Gasteiger partial charge in [-0.15, -0.1) is 0 Å². The molecule has 1 rings (SSSR count). The van der Waals surface area contributed by atoms with Crippen LogP contribution in [0.3, 0.4) is 0 Å². The van der Waals surface area contributed by atoms with Crippen LogP contribution in [0.4, 0.5) is 0 Å². The molecule has 1 heterocycles. The minimum Gasteiger partial charge on any atom is -0.403 e. The van der Waals surface area contributed by atoms with E-state index >= 15 is 0 Å². The lowest BCUT2D eigenvalue weighted by Gasteiger charge is -2.21. The largest absolute Gasteiger partial charge is 0.403 e. The molecule has 0 aromatic carbocycles. The van der Waals surface area contributed by atoms with Crippen molar-refractivity contribution in [3.63, 3.8) is 0 Å². The molecule has 0 amide bonds. The Morgan fingerprint density at radius 1 is 1.80 bits per heavy atom. The number of allylic oxidation sites excluding steroid dienone is 1. The summed E-state index contributed by atoms with van der Waals surface area (Å²) in [6.45, 7) is 5.86. The molecule has 10 heavy (non-hydrogen) atoms. The zero-order valence-electron chi connectivity index (χ0n) is 6.27. The van der Waals surface area contributed by atoms with Crippen LogP contribution in [-0.2, 0) is 0 Å². The molecule has 1 unspecified atom stereocenters. The average molecular weight is 137 g/mol. The van der Waals surface area contributed by atoms with Crippen LogP contribution in [0.2, 0.25) is 12.1 Å². The molecule has 0 aliphatic carbocycles. The van der Waals surface area contributed by atoms with Crippen molar-refractivity contribution in [3.05, 3.63) is 12.3 Å². The van der Waals surface area contributed by atoms with Crippen LogP contribution in [0, 0.1) is 0 Å². The molecule has 0 saturated carbocycles. The van der Waals surface area contributed by atoms with Crippen LogP contribution >= 0.6 is 0 Å². The van der Waals surface area contributed by atoms with E-state index in [0.717, 1.165) is 31.5 Å². The molecule has 2 nitrogen and oxygen atoms in total. The second kappa shape index (κ2) is 3.66. The number of hydrogen-bond donors (Lipinski definition) is 2. The fraction of sp³-hybridized carbons (Fsp3) is 0.714. The van der Waals surface area contributed by atoms with Crippen LogP contribution in [0.1, 0.15) is 6.42 Å². The minimum atomic E-state index is 0.617. The van der Waals surface area contributed by atoms with Gasteiger partial charge in [-0.05, 0) is 19.5 Å². The highest BCUT2D eigenvalue weighted by Gasteiger charge is 2.13. The van der Waals surface area contributed by atoms with Gasteiger partial charge in [0.1, 0.15) is 7.28 Å². The second-order valence-corrected chi connectivity index (χ2v) is 2.85. The lowest BCUT2D eigenvalue weighted by Crippen LogP contribution is -2.31. The van der Waals surface area contributed by atoms with Crippen molar-refractivity contribution in [2.45, 2.75) is 18.6 Å². The van der Waals surface area contributed by atoms with Crippen LogP contribution in [0.15, 0.2) is 12.3 Å². The van der Waals surface area contributed by atoms with Crippen molar-refractivity contribution in [1.29, 1.82) is 0 Å². The Balaban J connectivity index is 2.19. The van der Waals surface area contributed by atoms with Gasteiger partial charge in [0.05, 0.1) is 0 Å². The maximum absolute atomic E-state index is 5.48. The molecule has 3 N–H and O–H groups in total. The van der Waals surface area contributed by atoms with Crippen LogP contribution in [0.25, 0.3) is 0 Å². The summed E-state index contributed by atoms with van der Waals surface area (Å²) in [5.41, 5.74) is 6.28. The molecule has 1 fully saturated rings. The monoisotopic (exact) mass is 137 g/mol. The fourth-order valence-electron chi connectivity index (χ4n) is 1.28. The molecule has 1 aliphatic heterocycles. The molecule has 0 bridgehead atoms. The number of nitrogens with one attached hydrogen (secondary N) is 1. The summed E-state index contributed by atoms with van der Waals surface area (Å²) in [6, 6.07) is 0. The van der Waals surface area contributed by atoms with Gasteiger partial charge in [0.15, 0.2) is 0 Å². The van der Waals surface area contributed by atoms with Gasteiger partial charge in [-0.1, -0.05) is 18.7 Å². The van der Waals surface area contributed by atoms with E-state index in [-0.39, 0.29) is 0 Å². The lowest BCUT2D eigenvalue weighted by molar-refractivity contribution is 0.631. The highest BCUT2D eigenvalue weighted by Crippen LogP contribution is 2.15. The fourth-order valence-corrected chi connectivity index (χ4v) is 1.28. The van der Waals surface area contributed by atoms with Crippen LogP contribution in [-0.4, -0.2) is 20.4 Å². The highest BCUT2D eigenvalue weighted by atomic mass is 14.9. The smallest absolute Gasteiger partial charge is 0.117 e. The van der Waals surface area contributed by atoms with Gasteiger partial charge in [0.2, 0.25) is 0 Å². The third-order valence-electron chi connectivity index (χ3n) is 1.75. The summed E-state index contributed by atoms with van der Waals surface area (Å²) in [4.78, 5) is 0. The highest BCUT2D eigenvalue weighted by molar-refractivity contribution is 6.38. The Labute approximate surface area is 63.1 Å². The normalized spacial score (nSPS) is 25.4. The van der Waals surface area contributed by atoms with E-state index in [1.165, 1.54) is 0 Å². The Morgan fingerprint density at radius 3 is 3.10 bits per heavy atom. The summed E-state index contributed by atoms with van der Waals surface area (Å²) in [7, 11) is 2.33. The van der Waals surface area contributed by atoms with Gasteiger partial charge in [-0.2, -0.15) is 0 Å². The molecule has 55 valence electrons. The molecular formula is C7H14BN2. The molecule has 1 saturated heterocycles. The zero-order chi connectivity index (χ0) is 7.40. The van der Waals surface area contributed by atoms with Crippen molar-refractivity contribution < 1.29 is 0 Å². The van der Waals surface area contributed by atoms with E-state index in [4.69, 9.17) is 5.73 Å². The van der Waals surface area contributed by atoms with Gasteiger partial charge >= 0.3 is 0 Å². The van der Waals surface area contributed by atoms with Crippen molar-refractivity contribution in [1.82, 2.24) is 5.32 Å². The Hall–Kier alpha value is -0.435. The second-order valence-electron chi connectivity index (χ2n) is 2.85. The molecule has 0 spiro atoms. The molecule has 1 atom stereocenters. The maximum Gasteiger partial charge on any atom is 0.117 e. The van der Waals surface area contributed by atoms with Gasteiger partial charge in [-0.3, -0.25) is 0 Å². The van der Waals surface area contributed by atoms with Gasteiger partial charge in [-0.25, -0.2) is 0 Å². The third kappa shape index (κ3) is 2.44. The summed E-state index contributed by atoms with van der Waals surface area (Å²) in [5.74, 6) is 0.617. The maximum atomic E-state index is 5.48. The van der Waals surface area contributed by atoms with Crippen molar-refractivity contribution >= 4 is 7.28 Å². The van der Waals surface area contributed by atoms with Crippen molar-refractivity contribution in [2.24, 2.45) is 5.73 Å². The van der Waals surface area contributed by atoms with E-state index < -0.39 is 0 Å². The first kappa shape index (κ1) is 7.67. The summed E-state index contributed by atoms with van der Waals surface area (Å²) in [6.07, 6.45) is 2.10. The first-order valence-corrected chi connectivity index (χ1v) is 3.76. The van der Waals surface area contributed by atoms with E-state index in [1.54, 1.807) is 0 Å². The Morgan fingerprint density at radius 2 is 2.60 bits per heavy atom. The predicted octanol–water partition coefficient (Wildman–Crippen LogP) is 0.363. The quantitative estimate of drug-likeness (QED) is 0.539. The van der Waals surface area contributed by atoms with Crippen molar-refractivity contribution in [3.8, 4) is 0 Å². The first-order valence-electron chi connectivity index (χ1n) is 3.76. The third-order valence-corrected chi connectivity index (χ3v) is 1.75. The molecule has 0 aromatic heterocycles. The predicted molar refractivity (Wildman–Crippen MR) is 45.1 cm³/mol. The standard InChI is InChI=1S/C7H14BN2/c1-6(9)4-7-5-10-3-2-8-7/h7,10H,1-5,9H2. The molecule has 1 aliphatic rings. The van der Waals surface area contributed by atoms with Crippen LogP contribution < -0.4 is 11.1 Å². The van der Waals surface area contributed by atoms with E-state index in [2.05, 4.69) is 19.2 Å². The number of nitrogens with two attached hydrogens (primary N) is 1. The van der Waals surface area contributed by atoms with Crippen LogP contribution in [0.5, 0.6) is 0 Å². The first-order chi connectivity index (χ1) is 4.79. The SMILES string of the molecule is C=C(N)CC1[B]CCNC1. The zero-order valence-corrected chi connectivity index (χ0v) is 6.27. The lowest BCUT2D eigenvalue weighted by atomic mass is 9.58. The van der Waals surface area contributed by atoms with Gasteiger partial charge < -0.3 is 11.1 Å². The average Bonchev–Trinajstić information content (AvgIpc) is 1.88.